The molecule has 0 aromatic heterocycles. The van der Waals surface area contributed by atoms with E-state index in [0.29, 0.717) is 0 Å². The summed E-state index contributed by atoms with van der Waals surface area (Å²) in [5.41, 5.74) is 0. The molecule has 0 fully saturated rings. The van der Waals surface area contributed by atoms with E-state index in [-0.39, 0.29) is 11.5 Å². The van der Waals surface area contributed by atoms with Crippen molar-refractivity contribution in [3.8, 4) is 11.5 Å². The smallest absolute Gasteiger partial charge is 0.304 e. The fraction of sp³-hybridized carbons (Fsp3) is 0.400. The third kappa shape index (κ3) is 4.34. The van der Waals surface area contributed by atoms with Gasteiger partial charge in [-0.2, -0.15) is 8.78 Å². The molecule has 8 heteroatoms. The topological polar surface area (TPSA) is 18.5 Å². The molecule has 0 heterocycles. The van der Waals surface area contributed by atoms with E-state index < -0.39 is 25.6 Å². The van der Waals surface area contributed by atoms with Gasteiger partial charge in [-0.1, -0.05) is 0 Å². The maximum Gasteiger partial charge on any atom is 0.304 e. The Morgan fingerprint density at radius 3 is 1.11 bits per heavy atom. The summed E-state index contributed by atoms with van der Waals surface area (Å²) in [5.74, 6) is -0.523. The molecule has 2 nitrogen and oxygen atoms in total. The van der Waals surface area contributed by atoms with Crippen LogP contribution in [0, 0.1) is 0 Å². The first-order valence-electron chi connectivity index (χ1n) is 4.68. The lowest BCUT2D eigenvalue weighted by Crippen LogP contribution is -2.20. The Kier molecular flexibility index (Phi) is 5.11. The average molecular weight is 274 g/mol. The van der Waals surface area contributed by atoms with E-state index in [2.05, 4.69) is 9.47 Å². The Bertz CT molecular complexity index is 321. The molecule has 2 atom stereocenters. The van der Waals surface area contributed by atoms with E-state index in [4.69, 9.17) is 0 Å². The average Bonchev–Trinajstić information content (AvgIpc) is 2.31. The summed E-state index contributed by atoms with van der Waals surface area (Å²) in [6, 6.07) is 3.95. The predicted molar refractivity (Wildman–Crippen MR) is 49.5 cm³/mol. The number of hydrogen-bond acceptors (Lipinski definition) is 2. The van der Waals surface area contributed by atoms with Gasteiger partial charge >= 0.3 is 12.9 Å². The third-order valence-corrected chi connectivity index (χ3v) is 1.72. The summed E-state index contributed by atoms with van der Waals surface area (Å²) < 4.78 is 80.5. The molecule has 18 heavy (non-hydrogen) atoms. The Morgan fingerprint density at radius 2 is 0.889 bits per heavy atom. The van der Waals surface area contributed by atoms with Crippen LogP contribution in [-0.2, 0) is 0 Å². The van der Waals surface area contributed by atoms with E-state index in [9.17, 15) is 26.3 Å². The molecule has 0 radical (unpaired) electrons. The van der Waals surface area contributed by atoms with E-state index in [0.717, 1.165) is 24.3 Å². The Morgan fingerprint density at radius 1 is 0.611 bits per heavy atom. The van der Waals surface area contributed by atoms with Crippen LogP contribution >= 0.6 is 0 Å². The van der Waals surface area contributed by atoms with E-state index in [1.165, 1.54) is 0 Å². The van der Waals surface area contributed by atoms with Crippen LogP contribution < -0.4 is 9.47 Å². The minimum atomic E-state index is -3.31. The van der Waals surface area contributed by atoms with Gasteiger partial charge in [0.1, 0.15) is 11.5 Å². The van der Waals surface area contributed by atoms with Crippen molar-refractivity contribution in [1.82, 2.24) is 0 Å². The molecule has 102 valence electrons. The van der Waals surface area contributed by atoms with Gasteiger partial charge in [-0.25, -0.2) is 17.6 Å². The molecule has 0 aliphatic rings. The number of hydrogen-bond donors (Lipinski definition) is 0. The lowest BCUT2D eigenvalue weighted by molar-refractivity contribution is -0.0686. The van der Waals surface area contributed by atoms with Gasteiger partial charge in [0.15, 0.2) is 0 Å². The molecule has 0 aliphatic carbocycles. The van der Waals surface area contributed by atoms with E-state index >= 15 is 0 Å². The highest BCUT2D eigenvalue weighted by Gasteiger charge is 2.22. The van der Waals surface area contributed by atoms with E-state index in [1.54, 1.807) is 0 Å². The lowest BCUT2D eigenvalue weighted by atomic mass is 10.3. The molecule has 0 bridgehead atoms. The number of ether oxygens (including phenoxy) is 2. The van der Waals surface area contributed by atoms with Crippen molar-refractivity contribution in [3.05, 3.63) is 24.3 Å². The molecule has 1 rings (SSSR count). The Balaban J connectivity index is 2.57. The van der Waals surface area contributed by atoms with E-state index in [1.807, 2.05) is 0 Å². The number of benzene rings is 1. The van der Waals surface area contributed by atoms with Crippen LogP contribution in [0.4, 0.5) is 26.3 Å². The monoisotopic (exact) mass is 274 g/mol. The SMILES string of the molecule is FC(F)C(F)Oc1ccc(OC(F)C(F)F)cc1. The van der Waals surface area contributed by atoms with Crippen molar-refractivity contribution in [2.24, 2.45) is 0 Å². The fourth-order valence-corrected chi connectivity index (χ4v) is 0.960. The molecule has 0 saturated heterocycles. The summed E-state index contributed by atoms with van der Waals surface area (Å²) in [7, 11) is 0. The number of halogens is 6. The Labute approximate surface area is 98.1 Å². The van der Waals surface area contributed by atoms with Gasteiger partial charge in [-0.3, -0.25) is 0 Å². The van der Waals surface area contributed by atoms with Gasteiger partial charge in [-0.15, -0.1) is 0 Å². The van der Waals surface area contributed by atoms with Crippen LogP contribution in [0.1, 0.15) is 0 Å². The molecular weight excluding hydrogens is 266 g/mol. The Hall–Kier alpha value is -1.60. The predicted octanol–water partition coefficient (Wildman–Crippen LogP) is 3.57. The summed E-state index contributed by atoms with van der Waals surface area (Å²) in [5, 5.41) is 0. The number of rotatable bonds is 6. The van der Waals surface area contributed by atoms with Gasteiger partial charge < -0.3 is 9.47 Å². The summed E-state index contributed by atoms with van der Waals surface area (Å²) >= 11 is 0. The zero-order valence-corrected chi connectivity index (χ0v) is 8.70. The molecule has 0 aliphatic heterocycles. The molecule has 0 amide bonds. The van der Waals surface area contributed by atoms with Gasteiger partial charge in [0, 0.05) is 0 Å². The summed E-state index contributed by atoms with van der Waals surface area (Å²) in [4.78, 5) is 0. The first-order valence-corrected chi connectivity index (χ1v) is 4.68. The second-order valence-electron chi connectivity index (χ2n) is 3.08. The first-order chi connectivity index (χ1) is 8.40. The quantitative estimate of drug-likeness (QED) is 0.738. The molecular formula is C10H8F6O2. The van der Waals surface area contributed by atoms with Gasteiger partial charge in [0.25, 0.3) is 12.7 Å². The molecule has 0 spiro atoms. The first kappa shape index (κ1) is 14.5. The van der Waals surface area contributed by atoms with Crippen molar-refractivity contribution in [3.63, 3.8) is 0 Å². The van der Waals surface area contributed by atoms with Crippen LogP contribution in [0.2, 0.25) is 0 Å². The fourth-order valence-electron chi connectivity index (χ4n) is 0.960. The van der Waals surface area contributed by atoms with Crippen LogP contribution in [-0.4, -0.2) is 25.6 Å². The maximum atomic E-state index is 12.5. The second-order valence-corrected chi connectivity index (χ2v) is 3.08. The molecule has 1 aromatic carbocycles. The lowest BCUT2D eigenvalue weighted by Gasteiger charge is -2.12. The van der Waals surface area contributed by atoms with Crippen molar-refractivity contribution in [1.29, 1.82) is 0 Å². The number of alkyl halides is 6. The summed E-state index contributed by atoms with van der Waals surface area (Å²) in [6.45, 7) is 0. The second kappa shape index (κ2) is 6.36. The largest absolute Gasteiger partial charge is 0.454 e. The van der Waals surface area contributed by atoms with Gasteiger partial charge in [0.2, 0.25) is 0 Å². The third-order valence-electron chi connectivity index (χ3n) is 1.72. The maximum absolute atomic E-state index is 12.5. The van der Waals surface area contributed by atoms with Crippen LogP contribution in [0.15, 0.2) is 24.3 Å². The minimum absolute atomic E-state index is 0.261. The molecule has 0 saturated carbocycles. The molecule has 2 unspecified atom stereocenters. The standard InChI is InChI=1S/C10H8F6O2/c11-7(12)9(15)17-5-1-2-6(4-3-5)18-10(16)8(13)14/h1-4,7-10H. The molecule has 0 N–H and O–H groups in total. The normalized spacial score (nSPS) is 14.7. The van der Waals surface area contributed by atoms with Gasteiger partial charge in [0.05, 0.1) is 0 Å². The van der Waals surface area contributed by atoms with Crippen molar-refractivity contribution in [2.45, 2.75) is 25.6 Å². The van der Waals surface area contributed by atoms with Crippen LogP contribution in [0.5, 0.6) is 11.5 Å². The van der Waals surface area contributed by atoms with Crippen LogP contribution in [0.3, 0.4) is 0 Å². The minimum Gasteiger partial charge on any atom is -0.454 e. The van der Waals surface area contributed by atoms with Gasteiger partial charge in [-0.05, 0) is 24.3 Å². The van der Waals surface area contributed by atoms with Crippen molar-refractivity contribution in [2.75, 3.05) is 0 Å². The highest BCUT2D eigenvalue weighted by atomic mass is 19.3. The zero-order chi connectivity index (χ0) is 13.7. The van der Waals surface area contributed by atoms with Crippen molar-refractivity contribution < 1.29 is 35.8 Å². The van der Waals surface area contributed by atoms with Crippen LogP contribution in [0.25, 0.3) is 0 Å². The highest BCUT2D eigenvalue weighted by molar-refractivity contribution is 5.31. The van der Waals surface area contributed by atoms with Crippen molar-refractivity contribution >= 4 is 0 Å². The zero-order valence-electron chi connectivity index (χ0n) is 8.70. The highest BCUT2D eigenvalue weighted by Crippen LogP contribution is 2.22. The molecule has 1 aromatic rings. The summed E-state index contributed by atoms with van der Waals surface area (Å²) in [6.07, 6.45) is -12.2.